The second-order valence-corrected chi connectivity index (χ2v) is 3.49. The summed E-state index contributed by atoms with van der Waals surface area (Å²) in [6.45, 7) is 1.90. The highest BCUT2D eigenvalue weighted by Gasteiger charge is 2.11. The molecule has 0 aliphatic heterocycles. The first-order valence-corrected chi connectivity index (χ1v) is 4.93. The zero-order chi connectivity index (χ0) is 12.1. The van der Waals surface area contributed by atoms with Crippen LogP contribution in [0.4, 0.5) is 8.78 Å². The number of hydrogen-bond acceptors (Lipinski definition) is 2. The topological polar surface area (TPSA) is 41.1 Å². The number of amides is 1. The first kappa shape index (κ1) is 12.6. The molecule has 0 aliphatic rings. The van der Waals surface area contributed by atoms with Crippen LogP contribution in [0.1, 0.15) is 18.5 Å². The molecule has 0 fully saturated rings. The highest BCUT2D eigenvalue weighted by Crippen LogP contribution is 2.15. The van der Waals surface area contributed by atoms with Crippen LogP contribution in [0.25, 0.3) is 0 Å². The summed E-state index contributed by atoms with van der Waals surface area (Å²) in [5, 5.41) is 5.35. The van der Waals surface area contributed by atoms with E-state index in [1.807, 2.05) is 0 Å². The zero-order valence-corrected chi connectivity index (χ0v) is 9.18. The number of hydrogen-bond donors (Lipinski definition) is 2. The fourth-order valence-electron chi connectivity index (χ4n) is 1.32. The van der Waals surface area contributed by atoms with Crippen LogP contribution in [0.3, 0.4) is 0 Å². The van der Waals surface area contributed by atoms with Crippen molar-refractivity contribution in [1.82, 2.24) is 10.6 Å². The van der Waals surface area contributed by atoms with Crippen molar-refractivity contribution in [2.45, 2.75) is 13.0 Å². The summed E-state index contributed by atoms with van der Waals surface area (Å²) in [6, 6.07) is 3.23. The lowest BCUT2D eigenvalue weighted by molar-refractivity contribution is -0.120. The molecule has 2 N–H and O–H groups in total. The molecule has 1 amide bonds. The third kappa shape index (κ3) is 3.27. The molecular weight excluding hydrogens is 214 g/mol. The van der Waals surface area contributed by atoms with Crippen LogP contribution in [0.15, 0.2) is 18.2 Å². The van der Waals surface area contributed by atoms with E-state index in [0.29, 0.717) is 5.56 Å². The SMILES string of the molecule is CNCC(=O)NC(C)c1ccc(F)c(F)c1. The van der Waals surface area contributed by atoms with Gasteiger partial charge in [-0.25, -0.2) is 8.78 Å². The maximum atomic E-state index is 12.9. The molecule has 0 bridgehead atoms. The molecule has 5 heteroatoms. The lowest BCUT2D eigenvalue weighted by Crippen LogP contribution is -2.33. The smallest absolute Gasteiger partial charge is 0.234 e. The van der Waals surface area contributed by atoms with Crippen LogP contribution < -0.4 is 10.6 Å². The zero-order valence-electron chi connectivity index (χ0n) is 9.18. The van der Waals surface area contributed by atoms with Gasteiger partial charge in [-0.1, -0.05) is 6.07 Å². The fourth-order valence-corrected chi connectivity index (χ4v) is 1.32. The molecule has 0 radical (unpaired) electrons. The van der Waals surface area contributed by atoms with E-state index < -0.39 is 11.6 Å². The molecule has 0 heterocycles. The Kier molecular flexibility index (Phi) is 4.37. The van der Waals surface area contributed by atoms with Crippen LogP contribution in [-0.2, 0) is 4.79 Å². The van der Waals surface area contributed by atoms with Crippen LogP contribution in [0.2, 0.25) is 0 Å². The van der Waals surface area contributed by atoms with Gasteiger partial charge in [0.1, 0.15) is 0 Å². The fraction of sp³-hybridized carbons (Fsp3) is 0.364. The van der Waals surface area contributed by atoms with Gasteiger partial charge >= 0.3 is 0 Å². The largest absolute Gasteiger partial charge is 0.348 e. The molecule has 0 saturated carbocycles. The lowest BCUT2D eigenvalue weighted by Gasteiger charge is -2.14. The minimum absolute atomic E-state index is 0.189. The molecule has 0 saturated heterocycles. The minimum atomic E-state index is -0.910. The van der Waals surface area contributed by atoms with Gasteiger partial charge in [-0.05, 0) is 31.7 Å². The van der Waals surface area contributed by atoms with Gasteiger partial charge < -0.3 is 10.6 Å². The summed E-state index contributed by atoms with van der Waals surface area (Å²) in [6.07, 6.45) is 0. The average Bonchev–Trinajstić information content (AvgIpc) is 2.22. The predicted octanol–water partition coefficient (Wildman–Crippen LogP) is 1.36. The molecule has 0 aliphatic carbocycles. The van der Waals surface area contributed by atoms with E-state index in [1.165, 1.54) is 6.07 Å². The van der Waals surface area contributed by atoms with Crippen LogP contribution in [0, 0.1) is 11.6 Å². The van der Waals surface area contributed by atoms with Crippen LogP contribution in [-0.4, -0.2) is 19.5 Å². The molecule has 3 nitrogen and oxygen atoms in total. The van der Waals surface area contributed by atoms with Gasteiger partial charge in [0.25, 0.3) is 0 Å². The van der Waals surface area contributed by atoms with Crippen molar-refractivity contribution < 1.29 is 13.6 Å². The summed E-state index contributed by atoms with van der Waals surface area (Å²) >= 11 is 0. The van der Waals surface area contributed by atoms with Gasteiger partial charge in [0.15, 0.2) is 11.6 Å². The van der Waals surface area contributed by atoms with Gasteiger partial charge in [0, 0.05) is 0 Å². The summed E-state index contributed by atoms with van der Waals surface area (Å²) in [5.41, 5.74) is 0.531. The Balaban J connectivity index is 2.69. The van der Waals surface area contributed by atoms with Crippen LogP contribution in [0.5, 0.6) is 0 Å². The molecular formula is C11H14F2N2O. The molecule has 1 atom stereocenters. The highest BCUT2D eigenvalue weighted by atomic mass is 19.2. The molecule has 88 valence electrons. The number of carbonyl (C=O) groups excluding carboxylic acids is 1. The van der Waals surface area contributed by atoms with Crippen molar-refractivity contribution in [2.24, 2.45) is 0 Å². The first-order valence-electron chi connectivity index (χ1n) is 4.93. The Bertz CT molecular complexity index is 382. The van der Waals surface area contributed by atoms with Crippen molar-refractivity contribution >= 4 is 5.91 Å². The second-order valence-electron chi connectivity index (χ2n) is 3.49. The van der Waals surface area contributed by atoms with E-state index in [-0.39, 0.29) is 18.5 Å². The van der Waals surface area contributed by atoms with E-state index >= 15 is 0 Å². The number of benzene rings is 1. The van der Waals surface area contributed by atoms with E-state index in [0.717, 1.165) is 12.1 Å². The Morgan fingerprint density at radius 3 is 2.62 bits per heavy atom. The van der Waals surface area contributed by atoms with Crippen molar-refractivity contribution in [3.63, 3.8) is 0 Å². The Hall–Kier alpha value is -1.49. The number of likely N-dealkylation sites (N-methyl/N-ethyl adjacent to an activating group) is 1. The summed E-state index contributed by atoms with van der Waals surface area (Å²) in [4.78, 5) is 11.2. The monoisotopic (exact) mass is 228 g/mol. The van der Waals surface area contributed by atoms with Crippen molar-refractivity contribution in [1.29, 1.82) is 0 Å². The van der Waals surface area contributed by atoms with Crippen molar-refractivity contribution in [3.8, 4) is 0 Å². The number of nitrogens with one attached hydrogen (secondary N) is 2. The molecule has 1 aromatic carbocycles. The molecule has 0 spiro atoms. The Morgan fingerprint density at radius 2 is 2.06 bits per heavy atom. The van der Waals surface area contributed by atoms with Crippen LogP contribution >= 0.6 is 0 Å². The van der Waals surface area contributed by atoms with Gasteiger partial charge in [0.05, 0.1) is 12.6 Å². The van der Waals surface area contributed by atoms with Gasteiger partial charge in [0.2, 0.25) is 5.91 Å². The van der Waals surface area contributed by atoms with E-state index in [2.05, 4.69) is 10.6 Å². The summed E-state index contributed by atoms with van der Waals surface area (Å²) in [5.74, 6) is -2.00. The van der Waals surface area contributed by atoms with Crippen molar-refractivity contribution in [3.05, 3.63) is 35.4 Å². The minimum Gasteiger partial charge on any atom is -0.348 e. The molecule has 16 heavy (non-hydrogen) atoms. The van der Waals surface area contributed by atoms with E-state index in [9.17, 15) is 13.6 Å². The third-order valence-corrected chi connectivity index (χ3v) is 2.16. The molecule has 1 aromatic rings. The quantitative estimate of drug-likeness (QED) is 0.817. The predicted molar refractivity (Wildman–Crippen MR) is 56.8 cm³/mol. The highest BCUT2D eigenvalue weighted by molar-refractivity contribution is 5.78. The second kappa shape index (κ2) is 5.55. The maximum absolute atomic E-state index is 12.9. The standard InChI is InChI=1S/C11H14F2N2O/c1-7(15-11(16)6-14-2)8-3-4-9(12)10(13)5-8/h3-5,7,14H,6H2,1-2H3,(H,15,16). The van der Waals surface area contributed by atoms with Gasteiger partial charge in [-0.3, -0.25) is 4.79 Å². The van der Waals surface area contributed by atoms with Gasteiger partial charge in [-0.15, -0.1) is 0 Å². The van der Waals surface area contributed by atoms with E-state index in [4.69, 9.17) is 0 Å². The number of halogens is 2. The average molecular weight is 228 g/mol. The summed E-state index contributed by atoms with van der Waals surface area (Å²) < 4.78 is 25.6. The molecule has 0 aromatic heterocycles. The molecule has 1 rings (SSSR count). The lowest BCUT2D eigenvalue weighted by atomic mass is 10.1. The normalized spacial score (nSPS) is 12.2. The molecule has 1 unspecified atom stereocenters. The first-order chi connectivity index (χ1) is 7.54. The maximum Gasteiger partial charge on any atom is 0.234 e. The number of carbonyl (C=O) groups is 1. The summed E-state index contributed by atoms with van der Waals surface area (Å²) in [7, 11) is 1.65. The number of rotatable bonds is 4. The van der Waals surface area contributed by atoms with Crippen molar-refractivity contribution in [2.75, 3.05) is 13.6 Å². The Morgan fingerprint density at radius 1 is 1.38 bits per heavy atom. The third-order valence-electron chi connectivity index (χ3n) is 2.16. The van der Waals surface area contributed by atoms with E-state index in [1.54, 1.807) is 14.0 Å². The Labute approximate surface area is 92.8 Å². The van der Waals surface area contributed by atoms with Gasteiger partial charge in [-0.2, -0.15) is 0 Å².